The topological polar surface area (TPSA) is 134 Å². The number of hydrogen-bond donors (Lipinski definition) is 1. The number of nitro benzene ring substituents is 1. The van der Waals surface area contributed by atoms with Crippen molar-refractivity contribution in [3.05, 3.63) is 94.0 Å². The molecule has 4 rings (SSSR count). The van der Waals surface area contributed by atoms with Crippen LogP contribution in [0.2, 0.25) is 0 Å². The minimum Gasteiger partial charge on any atom is -0.497 e. The fraction of sp³-hybridized carbons (Fsp3) is 0.286. The van der Waals surface area contributed by atoms with Gasteiger partial charge in [-0.2, -0.15) is 5.10 Å². The molecule has 1 amide bonds. The number of hydrazone groups is 1. The monoisotopic (exact) mass is 565 g/mol. The number of ether oxygens (including phenoxy) is 1. The molecule has 0 saturated carbocycles. The molecule has 1 N–H and O–H groups in total. The second-order valence-electron chi connectivity index (χ2n) is 9.39. The van der Waals surface area contributed by atoms with Crippen molar-refractivity contribution in [2.24, 2.45) is 5.10 Å². The van der Waals surface area contributed by atoms with Gasteiger partial charge >= 0.3 is 0 Å². The van der Waals surface area contributed by atoms with Gasteiger partial charge in [0.25, 0.3) is 21.6 Å². The van der Waals surface area contributed by atoms with E-state index >= 15 is 0 Å². The Morgan fingerprint density at radius 1 is 1.07 bits per heavy atom. The van der Waals surface area contributed by atoms with Crippen LogP contribution in [0.4, 0.5) is 11.4 Å². The van der Waals surface area contributed by atoms with Crippen molar-refractivity contribution in [3.8, 4) is 5.75 Å². The van der Waals surface area contributed by atoms with Crippen molar-refractivity contribution in [1.82, 2.24) is 10.3 Å². The largest absolute Gasteiger partial charge is 0.497 e. The zero-order valence-electron chi connectivity index (χ0n) is 22.3. The normalized spacial score (nSPS) is 13.9. The molecular formula is C28H31N5O6S. The van der Waals surface area contributed by atoms with Crippen LogP contribution in [0.15, 0.2) is 82.8 Å². The van der Waals surface area contributed by atoms with E-state index in [9.17, 15) is 23.3 Å². The molecule has 3 aromatic rings. The first kappa shape index (κ1) is 28.7. The van der Waals surface area contributed by atoms with Crippen molar-refractivity contribution < 1.29 is 22.9 Å². The molecule has 1 heterocycles. The van der Waals surface area contributed by atoms with Crippen molar-refractivity contribution in [2.75, 3.05) is 31.0 Å². The summed E-state index contributed by atoms with van der Waals surface area (Å²) in [6.07, 6.45) is 1.36. The number of nitrogens with zero attached hydrogens (tertiary/aromatic N) is 4. The van der Waals surface area contributed by atoms with Crippen molar-refractivity contribution in [2.45, 2.75) is 31.2 Å². The van der Waals surface area contributed by atoms with Gasteiger partial charge in [0.2, 0.25) is 0 Å². The predicted molar refractivity (Wildman–Crippen MR) is 152 cm³/mol. The molecule has 210 valence electrons. The second-order valence-corrected chi connectivity index (χ2v) is 11.3. The van der Waals surface area contributed by atoms with Gasteiger partial charge in [0, 0.05) is 49.8 Å². The van der Waals surface area contributed by atoms with Crippen LogP contribution in [-0.4, -0.2) is 56.6 Å². The predicted octanol–water partition coefficient (Wildman–Crippen LogP) is 3.88. The Morgan fingerprint density at radius 2 is 1.75 bits per heavy atom. The Morgan fingerprint density at radius 3 is 2.38 bits per heavy atom. The number of anilines is 1. The summed E-state index contributed by atoms with van der Waals surface area (Å²) >= 11 is 0. The van der Waals surface area contributed by atoms with Crippen molar-refractivity contribution >= 4 is 33.0 Å². The molecule has 1 aliphatic rings. The number of sulfonamides is 1. The van der Waals surface area contributed by atoms with Crippen molar-refractivity contribution in [1.29, 1.82) is 0 Å². The van der Waals surface area contributed by atoms with Gasteiger partial charge in [-0.05, 0) is 42.8 Å². The van der Waals surface area contributed by atoms with Crippen LogP contribution in [0.1, 0.15) is 24.0 Å². The average Bonchev–Trinajstić information content (AvgIpc) is 2.96. The first-order valence-corrected chi connectivity index (χ1v) is 14.1. The van der Waals surface area contributed by atoms with E-state index in [0.29, 0.717) is 24.2 Å². The molecule has 0 radical (unpaired) electrons. The number of carbonyl (C=O) groups is 1. The molecule has 0 aliphatic carbocycles. The van der Waals surface area contributed by atoms with Crippen LogP contribution in [-0.2, 0) is 21.4 Å². The highest BCUT2D eigenvalue weighted by Gasteiger charge is 2.29. The number of aryl methyl sites for hydroxylation is 1. The van der Waals surface area contributed by atoms with Gasteiger partial charge in [-0.25, -0.2) is 13.8 Å². The smallest absolute Gasteiger partial charge is 0.273 e. The van der Waals surface area contributed by atoms with E-state index in [1.54, 1.807) is 12.1 Å². The summed E-state index contributed by atoms with van der Waals surface area (Å²) in [6.45, 7) is 3.37. The highest BCUT2D eigenvalue weighted by atomic mass is 32.2. The first-order valence-electron chi connectivity index (χ1n) is 12.7. The quantitative estimate of drug-likeness (QED) is 0.291. The number of hydrogen-bond acceptors (Lipinski definition) is 8. The van der Waals surface area contributed by atoms with E-state index in [1.165, 1.54) is 43.9 Å². The Balaban J connectivity index is 1.48. The molecule has 1 aliphatic heterocycles. The number of methoxy groups -OCH3 is 1. The van der Waals surface area contributed by atoms with Crippen LogP contribution in [0.5, 0.6) is 5.75 Å². The van der Waals surface area contributed by atoms with Crippen LogP contribution in [0.25, 0.3) is 0 Å². The zero-order chi connectivity index (χ0) is 28.7. The maximum absolute atomic E-state index is 13.7. The number of nitro groups is 1. The van der Waals surface area contributed by atoms with E-state index in [4.69, 9.17) is 4.74 Å². The molecule has 3 aromatic carbocycles. The lowest BCUT2D eigenvalue weighted by Gasteiger charge is -2.27. The number of piperidine rings is 1. The van der Waals surface area contributed by atoms with Crippen LogP contribution in [0.3, 0.4) is 0 Å². The average molecular weight is 566 g/mol. The lowest BCUT2D eigenvalue weighted by atomic mass is 10.1. The molecule has 0 unspecified atom stereocenters. The van der Waals surface area contributed by atoms with Gasteiger partial charge < -0.3 is 4.74 Å². The molecule has 1 saturated heterocycles. The first-order chi connectivity index (χ1) is 19.2. The van der Waals surface area contributed by atoms with Crippen LogP contribution >= 0.6 is 0 Å². The van der Waals surface area contributed by atoms with E-state index < -0.39 is 27.4 Å². The van der Waals surface area contributed by atoms with E-state index in [1.807, 2.05) is 18.2 Å². The highest BCUT2D eigenvalue weighted by molar-refractivity contribution is 7.92. The Kier molecular flexibility index (Phi) is 9.12. The Hall–Kier alpha value is -4.29. The summed E-state index contributed by atoms with van der Waals surface area (Å²) in [5, 5.41) is 15.7. The van der Waals surface area contributed by atoms with E-state index in [2.05, 4.69) is 27.6 Å². The summed E-state index contributed by atoms with van der Waals surface area (Å²) in [5.41, 5.74) is 4.74. The summed E-state index contributed by atoms with van der Waals surface area (Å²) in [7, 11) is -2.87. The number of likely N-dealkylation sites (tertiary alicyclic amines) is 1. The fourth-order valence-electron chi connectivity index (χ4n) is 4.37. The minimum absolute atomic E-state index is 0.195. The number of nitrogens with one attached hydrogen (secondary N) is 1. The highest BCUT2D eigenvalue weighted by Crippen LogP contribution is 2.29. The third-order valence-corrected chi connectivity index (χ3v) is 8.40. The van der Waals surface area contributed by atoms with E-state index in [0.717, 1.165) is 35.7 Å². The van der Waals surface area contributed by atoms with Gasteiger partial charge in [-0.1, -0.05) is 36.4 Å². The molecule has 0 spiro atoms. The maximum Gasteiger partial charge on any atom is 0.273 e. The van der Waals surface area contributed by atoms with Gasteiger partial charge in [0.15, 0.2) is 0 Å². The van der Waals surface area contributed by atoms with Crippen LogP contribution < -0.4 is 14.5 Å². The number of amides is 1. The third-order valence-electron chi connectivity index (χ3n) is 6.63. The molecule has 12 heteroatoms. The van der Waals surface area contributed by atoms with Crippen molar-refractivity contribution in [3.63, 3.8) is 0 Å². The number of rotatable bonds is 10. The standard InChI is InChI=1S/C28H31N5O6S/c1-21-8-13-26(18-27(21)33(35)36)40(37,38)32(24-9-11-25(39-2)12-10-24)20-28(34)30-29-23-14-16-31(17-15-23)19-22-6-4-3-5-7-22/h3-13,18H,14-17,19-20H2,1-2H3,(H,30,34). The lowest BCUT2D eigenvalue weighted by molar-refractivity contribution is -0.385. The van der Waals surface area contributed by atoms with Crippen LogP contribution in [0, 0.1) is 17.0 Å². The van der Waals surface area contributed by atoms with Gasteiger partial charge in [0.1, 0.15) is 12.3 Å². The maximum atomic E-state index is 13.7. The zero-order valence-corrected chi connectivity index (χ0v) is 23.1. The summed E-state index contributed by atoms with van der Waals surface area (Å²) in [6, 6.07) is 20.0. The summed E-state index contributed by atoms with van der Waals surface area (Å²) in [5.74, 6) is -0.137. The van der Waals surface area contributed by atoms with Gasteiger partial charge in [-0.3, -0.25) is 24.1 Å². The molecule has 40 heavy (non-hydrogen) atoms. The summed E-state index contributed by atoms with van der Waals surface area (Å²) in [4.78, 5) is 25.8. The molecule has 0 atom stereocenters. The SMILES string of the molecule is COc1ccc(N(CC(=O)NN=C2CCN(Cc3ccccc3)CC2)S(=O)(=O)c2ccc(C)c([N+](=O)[O-])c2)cc1. The molecule has 0 aromatic heterocycles. The lowest BCUT2D eigenvalue weighted by Crippen LogP contribution is -2.40. The van der Waals surface area contributed by atoms with E-state index in [-0.39, 0.29) is 16.3 Å². The molecular weight excluding hydrogens is 534 g/mol. The molecule has 1 fully saturated rings. The Labute approximate surface area is 233 Å². The van der Waals surface area contributed by atoms with Gasteiger partial charge in [0.05, 0.1) is 22.6 Å². The van der Waals surface area contributed by atoms with Gasteiger partial charge in [-0.15, -0.1) is 0 Å². The second kappa shape index (κ2) is 12.7. The molecule has 0 bridgehead atoms. The third kappa shape index (κ3) is 7.01. The number of carbonyl (C=O) groups excluding carboxylic acids is 1. The number of benzene rings is 3. The summed E-state index contributed by atoms with van der Waals surface area (Å²) < 4.78 is 33.4. The Bertz CT molecular complexity index is 1480. The minimum atomic E-state index is -4.35. The fourth-order valence-corrected chi connectivity index (χ4v) is 5.81. The molecule has 11 nitrogen and oxygen atoms in total.